The molecule has 3 saturated carbocycles. The maximum Gasteiger partial charge on any atom is 0.0687 e. The molecule has 0 radical (unpaired) electrons. The summed E-state index contributed by atoms with van der Waals surface area (Å²) in [6, 6.07) is 11.1. The topological polar surface area (TPSA) is 52.5 Å². The quantitative estimate of drug-likeness (QED) is 0.389. The molecule has 0 spiro atoms. The van der Waals surface area contributed by atoms with Crippen molar-refractivity contribution in [1.29, 1.82) is 0 Å². The summed E-state index contributed by atoms with van der Waals surface area (Å²) in [4.78, 5) is 0. The van der Waals surface area contributed by atoms with Crippen LogP contribution in [-0.4, -0.2) is 28.5 Å². The molecule has 3 fully saturated rings. The fourth-order valence-corrected chi connectivity index (χ4v) is 9.36. The highest BCUT2D eigenvalue weighted by Crippen LogP contribution is 2.67. The van der Waals surface area contributed by atoms with Gasteiger partial charge in [0.05, 0.1) is 11.7 Å². The number of allylic oxidation sites excluding steroid dienone is 1. The summed E-state index contributed by atoms with van der Waals surface area (Å²) < 4.78 is 0. The van der Waals surface area contributed by atoms with E-state index in [4.69, 9.17) is 0 Å². The Morgan fingerprint density at radius 1 is 1.14 bits per heavy atom. The Labute approximate surface area is 213 Å². The van der Waals surface area contributed by atoms with Crippen LogP contribution in [0.2, 0.25) is 0 Å². The minimum Gasteiger partial charge on any atom is -0.393 e. The summed E-state index contributed by atoms with van der Waals surface area (Å²) in [5, 5.41) is 26.0. The number of nitrogens with one attached hydrogen (secondary N) is 1. The number of aliphatic hydroxyl groups is 2. The molecule has 0 aliphatic heterocycles. The Hall–Kier alpha value is -1.42. The molecule has 3 nitrogen and oxygen atoms in total. The molecule has 1 aromatic rings. The molecule has 3 heteroatoms. The van der Waals surface area contributed by atoms with E-state index in [0.29, 0.717) is 36.1 Å². The molecule has 0 saturated heterocycles. The van der Waals surface area contributed by atoms with Gasteiger partial charge in [0, 0.05) is 12.6 Å². The van der Waals surface area contributed by atoms with E-state index >= 15 is 0 Å². The van der Waals surface area contributed by atoms with Crippen molar-refractivity contribution in [3.63, 3.8) is 0 Å². The van der Waals surface area contributed by atoms with Crippen molar-refractivity contribution in [3.05, 3.63) is 60.2 Å². The molecular formula is C32H47NO2. The average Bonchev–Trinajstić information content (AvgIpc) is 3.24. The third kappa shape index (κ3) is 4.26. The molecule has 9 atom stereocenters. The van der Waals surface area contributed by atoms with Crippen LogP contribution in [0, 0.1) is 34.5 Å². The fourth-order valence-electron chi connectivity index (χ4n) is 9.36. The van der Waals surface area contributed by atoms with E-state index < -0.39 is 5.60 Å². The van der Waals surface area contributed by atoms with Gasteiger partial charge in [0.1, 0.15) is 0 Å². The van der Waals surface area contributed by atoms with Crippen LogP contribution in [0.4, 0.5) is 0 Å². The van der Waals surface area contributed by atoms with Crippen LogP contribution in [0.3, 0.4) is 0 Å². The van der Waals surface area contributed by atoms with Crippen molar-refractivity contribution >= 4 is 0 Å². The highest BCUT2D eigenvalue weighted by molar-refractivity contribution is 5.26. The maximum atomic E-state index is 11.7. The Balaban J connectivity index is 1.46. The van der Waals surface area contributed by atoms with Crippen LogP contribution in [0.5, 0.6) is 0 Å². The number of rotatable bonds is 7. The zero-order valence-electron chi connectivity index (χ0n) is 22.2. The third-order valence-electron chi connectivity index (χ3n) is 11.1. The Kier molecular flexibility index (Phi) is 6.83. The maximum absolute atomic E-state index is 11.7. The molecule has 3 N–H and O–H groups in total. The second-order valence-electron chi connectivity index (χ2n) is 12.9. The second kappa shape index (κ2) is 9.47. The molecule has 0 heterocycles. The lowest BCUT2D eigenvalue weighted by molar-refractivity contribution is -0.108. The van der Waals surface area contributed by atoms with Gasteiger partial charge in [-0.25, -0.2) is 0 Å². The Morgan fingerprint density at radius 3 is 2.66 bits per heavy atom. The number of hydrogen-bond acceptors (Lipinski definition) is 3. The van der Waals surface area contributed by atoms with E-state index in [1.54, 1.807) is 0 Å². The van der Waals surface area contributed by atoms with Crippen LogP contribution in [0.25, 0.3) is 0 Å². The van der Waals surface area contributed by atoms with Gasteiger partial charge < -0.3 is 15.5 Å². The first kappa shape index (κ1) is 25.2. The molecule has 4 aliphatic carbocycles. The Bertz CT molecular complexity index is 938. The minimum atomic E-state index is -0.713. The smallest absolute Gasteiger partial charge is 0.0687 e. The second-order valence-corrected chi connectivity index (χ2v) is 12.9. The SMILES string of the molecule is C=CC[C@@](C)(O)[C@H]1CC[C@H]2[C@@H]3CC=C4C[C@@H](O)CC[C@]4(C)[C@H]3CC[C@@]21CNC(C)c1ccccc1. The summed E-state index contributed by atoms with van der Waals surface area (Å²) >= 11 is 0. The van der Waals surface area contributed by atoms with Crippen LogP contribution >= 0.6 is 0 Å². The predicted octanol–water partition coefficient (Wildman–Crippen LogP) is 6.58. The van der Waals surface area contributed by atoms with Crippen molar-refractivity contribution < 1.29 is 10.2 Å². The zero-order valence-corrected chi connectivity index (χ0v) is 22.2. The third-order valence-corrected chi connectivity index (χ3v) is 11.1. The number of benzene rings is 1. The zero-order chi connectivity index (χ0) is 24.8. The number of fused-ring (bicyclic) bond motifs is 5. The molecule has 5 rings (SSSR count). The lowest BCUT2D eigenvalue weighted by atomic mass is 9.46. The molecule has 1 unspecified atom stereocenters. The lowest BCUT2D eigenvalue weighted by Crippen LogP contribution is -2.57. The van der Waals surface area contributed by atoms with Crippen molar-refractivity contribution in [3.8, 4) is 0 Å². The molecule has 0 bridgehead atoms. The lowest BCUT2D eigenvalue weighted by Gasteiger charge is -2.60. The van der Waals surface area contributed by atoms with Crippen LogP contribution < -0.4 is 5.32 Å². The van der Waals surface area contributed by atoms with Gasteiger partial charge in [0.2, 0.25) is 0 Å². The number of hydrogen-bond donors (Lipinski definition) is 3. The van der Waals surface area contributed by atoms with E-state index in [1.165, 1.54) is 30.4 Å². The van der Waals surface area contributed by atoms with Crippen molar-refractivity contribution in [2.45, 2.75) is 96.3 Å². The van der Waals surface area contributed by atoms with Gasteiger partial charge in [-0.3, -0.25) is 0 Å². The van der Waals surface area contributed by atoms with Gasteiger partial charge in [-0.15, -0.1) is 6.58 Å². The van der Waals surface area contributed by atoms with Crippen LogP contribution in [0.15, 0.2) is 54.6 Å². The predicted molar refractivity (Wildman–Crippen MR) is 144 cm³/mol. The number of aliphatic hydroxyl groups excluding tert-OH is 1. The molecule has 1 aromatic carbocycles. The Morgan fingerprint density at radius 2 is 1.91 bits per heavy atom. The summed E-state index contributed by atoms with van der Waals surface area (Å²) in [5.74, 6) is 2.33. The van der Waals surface area contributed by atoms with E-state index in [1.807, 2.05) is 6.08 Å². The normalized spacial score (nSPS) is 41.1. The van der Waals surface area contributed by atoms with E-state index in [0.717, 1.165) is 38.6 Å². The molecular weight excluding hydrogens is 430 g/mol. The van der Waals surface area contributed by atoms with Gasteiger partial charge >= 0.3 is 0 Å². The van der Waals surface area contributed by atoms with Crippen molar-refractivity contribution in [2.75, 3.05) is 6.54 Å². The van der Waals surface area contributed by atoms with Gasteiger partial charge in [0.25, 0.3) is 0 Å². The molecule has 4 aliphatic rings. The van der Waals surface area contributed by atoms with Gasteiger partial charge in [0.15, 0.2) is 0 Å². The summed E-state index contributed by atoms with van der Waals surface area (Å²) in [5.41, 5.74) is 2.53. The first-order chi connectivity index (χ1) is 16.7. The average molecular weight is 478 g/mol. The van der Waals surface area contributed by atoms with Gasteiger partial charge in [-0.05, 0) is 112 Å². The van der Waals surface area contributed by atoms with E-state index in [-0.39, 0.29) is 16.9 Å². The highest BCUT2D eigenvalue weighted by Gasteiger charge is 2.62. The van der Waals surface area contributed by atoms with Crippen molar-refractivity contribution in [1.82, 2.24) is 5.32 Å². The highest BCUT2D eigenvalue weighted by atomic mass is 16.3. The summed E-state index contributed by atoms with van der Waals surface area (Å²) in [6.45, 7) is 11.8. The monoisotopic (exact) mass is 477 g/mol. The fraction of sp³-hybridized carbons (Fsp3) is 0.688. The molecule has 0 aromatic heterocycles. The summed E-state index contributed by atoms with van der Waals surface area (Å²) in [6.07, 6.45) is 13.8. The molecule has 0 amide bonds. The summed E-state index contributed by atoms with van der Waals surface area (Å²) in [7, 11) is 0. The first-order valence-corrected chi connectivity index (χ1v) is 14.2. The van der Waals surface area contributed by atoms with Crippen LogP contribution in [0.1, 0.15) is 90.2 Å². The van der Waals surface area contributed by atoms with Crippen molar-refractivity contribution in [2.24, 2.45) is 34.5 Å². The minimum absolute atomic E-state index is 0.118. The van der Waals surface area contributed by atoms with Crippen LogP contribution in [-0.2, 0) is 0 Å². The molecule has 192 valence electrons. The van der Waals surface area contributed by atoms with E-state index in [2.05, 4.69) is 69.1 Å². The van der Waals surface area contributed by atoms with Gasteiger partial charge in [-0.1, -0.05) is 55.0 Å². The molecule has 35 heavy (non-hydrogen) atoms. The van der Waals surface area contributed by atoms with Gasteiger partial charge in [-0.2, -0.15) is 0 Å². The standard InChI is InChI=1S/C32H47NO2/c1-5-17-31(4,35)29-14-13-28-26-12-11-24-20-25(34)15-18-30(24,3)27(26)16-19-32(28,29)21-33-22(2)23-9-7-6-8-10-23/h5-11,22,25-29,33-35H,1,12-21H2,2-4H3/t22?,25-,26+,27-,28-,29+,30-,31+,32+/m0/s1. The first-order valence-electron chi connectivity index (χ1n) is 14.2. The largest absolute Gasteiger partial charge is 0.393 e. The van der Waals surface area contributed by atoms with E-state index in [9.17, 15) is 10.2 Å².